The van der Waals surface area contributed by atoms with Gasteiger partial charge in [-0.25, -0.2) is 14.2 Å². The summed E-state index contributed by atoms with van der Waals surface area (Å²) in [5.41, 5.74) is 7.43. The number of amidine groups is 1. The third kappa shape index (κ3) is 6.06. The van der Waals surface area contributed by atoms with Crippen LogP contribution in [-0.2, 0) is 22.4 Å². The normalized spacial score (nSPS) is 13.7. The second kappa shape index (κ2) is 10.7. The molecular weight excluding hydrogens is 447 g/mol. The van der Waals surface area contributed by atoms with Crippen molar-refractivity contribution in [2.45, 2.75) is 51.0 Å². The van der Waals surface area contributed by atoms with Gasteiger partial charge in [0, 0.05) is 12.6 Å². The summed E-state index contributed by atoms with van der Waals surface area (Å²) in [7, 11) is 0. The molecule has 0 saturated carbocycles. The third-order valence-electron chi connectivity index (χ3n) is 5.51. The third-order valence-corrected chi connectivity index (χ3v) is 5.51. The van der Waals surface area contributed by atoms with Gasteiger partial charge >= 0.3 is 11.9 Å². The number of aromatic amines is 1. The second-order valence-electron chi connectivity index (χ2n) is 8.06. The number of H-pyrrole nitrogens is 1. The van der Waals surface area contributed by atoms with Crippen molar-refractivity contribution in [3.8, 4) is 0 Å². The van der Waals surface area contributed by atoms with Crippen molar-refractivity contribution in [2.75, 3.05) is 0 Å². The molecule has 11 heteroatoms. The lowest BCUT2D eigenvalue weighted by molar-refractivity contribution is -0.140. The summed E-state index contributed by atoms with van der Waals surface area (Å²) in [6.07, 6.45) is 3.73. The molecule has 0 spiro atoms. The highest BCUT2D eigenvalue weighted by Gasteiger charge is 2.24. The molecule has 0 fully saturated rings. The fourth-order valence-electron chi connectivity index (χ4n) is 3.79. The number of amides is 1. The fraction of sp³-hybridized carbons (Fsp3) is 0.348. The number of Topliss-reactive ketones (excluding diaryl/α,β-unsaturated/α-hetero) is 1. The summed E-state index contributed by atoms with van der Waals surface area (Å²) in [4.78, 5) is 53.5. The molecule has 10 nitrogen and oxygen atoms in total. The molecule has 0 bridgehead atoms. The van der Waals surface area contributed by atoms with Crippen LogP contribution >= 0.6 is 0 Å². The first-order valence-electron chi connectivity index (χ1n) is 10.8. The zero-order valence-corrected chi connectivity index (χ0v) is 18.3. The molecular formula is C23H25FN4O6. The van der Waals surface area contributed by atoms with Gasteiger partial charge in [0.15, 0.2) is 5.78 Å². The Balaban J connectivity index is 1.53. The van der Waals surface area contributed by atoms with E-state index in [1.165, 1.54) is 12.1 Å². The van der Waals surface area contributed by atoms with Gasteiger partial charge in [-0.15, -0.1) is 0 Å². The van der Waals surface area contributed by atoms with Gasteiger partial charge < -0.3 is 26.2 Å². The first-order valence-corrected chi connectivity index (χ1v) is 10.8. The van der Waals surface area contributed by atoms with Gasteiger partial charge in [-0.1, -0.05) is 6.07 Å². The molecule has 0 saturated heterocycles. The lowest BCUT2D eigenvalue weighted by Crippen LogP contribution is -2.41. The number of aryl methyl sites for hydroxylation is 2. The highest BCUT2D eigenvalue weighted by atomic mass is 19.1. The van der Waals surface area contributed by atoms with E-state index in [2.05, 4.69) is 15.3 Å². The number of carboxylic acids is 2. The molecule has 1 atom stereocenters. The number of hydrogen-bond acceptors (Lipinski definition) is 6. The van der Waals surface area contributed by atoms with Crippen LogP contribution in [0.1, 0.15) is 63.9 Å². The quantitative estimate of drug-likeness (QED) is 0.312. The maximum absolute atomic E-state index is 14.5. The average Bonchev–Trinajstić information content (AvgIpc) is 3.16. The van der Waals surface area contributed by atoms with E-state index < -0.39 is 36.1 Å². The summed E-state index contributed by atoms with van der Waals surface area (Å²) >= 11 is 0. The molecule has 1 aromatic carbocycles. The number of nitrogens with one attached hydrogen (secondary N) is 2. The first kappa shape index (κ1) is 24.6. The number of carbonyl (C=O) groups excluding carboxylic acids is 2. The highest BCUT2D eigenvalue weighted by molar-refractivity contribution is 6.15. The largest absolute Gasteiger partial charge is 0.481 e. The van der Waals surface area contributed by atoms with Crippen molar-refractivity contribution in [3.05, 3.63) is 52.5 Å². The van der Waals surface area contributed by atoms with Gasteiger partial charge in [0.2, 0.25) is 0 Å². The van der Waals surface area contributed by atoms with E-state index in [1.807, 2.05) is 0 Å². The monoisotopic (exact) mass is 472 g/mol. The Kier molecular flexibility index (Phi) is 7.77. The maximum Gasteiger partial charge on any atom is 0.326 e. The predicted octanol–water partition coefficient (Wildman–Crippen LogP) is 2.34. The molecule has 0 aliphatic carbocycles. The Labute approximate surface area is 194 Å². The van der Waals surface area contributed by atoms with Crippen molar-refractivity contribution in [3.63, 3.8) is 0 Å². The van der Waals surface area contributed by atoms with Crippen LogP contribution in [0.3, 0.4) is 0 Å². The van der Waals surface area contributed by atoms with Gasteiger partial charge in [0.05, 0.1) is 17.5 Å². The molecule has 1 aliphatic heterocycles. The van der Waals surface area contributed by atoms with Crippen molar-refractivity contribution in [2.24, 2.45) is 10.7 Å². The van der Waals surface area contributed by atoms with Crippen molar-refractivity contribution >= 4 is 35.3 Å². The Bertz CT molecular complexity index is 1160. The molecule has 180 valence electrons. The van der Waals surface area contributed by atoms with Gasteiger partial charge in [-0.3, -0.25) is 14.4 Å². The number of hydrogen-bond donors (Lipinski definition) is 5. The van der Waals surface area contributed by atoms with E-state index in [0.29, 0.717) is 36.2 Å². The lowest BCUT2D eigenvalue weighted by atomic mass is 9.98. The predicted molar refractivity (Wildman–Crippen MR) is 120 cm³/mol. The molecule has 1 aliphatic rings. The standard InChI is InChI=1S/C23H25FN4O6/c24-15-9-12(5-6-14(15)22(32)27-16(23(33)34)7-8-19(30)31)3-1-2-4-13-11-26-21-20(13)17(29)10-18(25)28-21/h5-6,9,11,16,26H,1-4,7-8,10H2,(H2,25,28)(H,27,32)(H,30,31)(H,33,34)/t16-/m0/s1. The number of carbonyl (C=O) groups is 4. The SMILES string of the molecule is NC1=Nc2[nH]cc(CCCCc3ccc(C(=O)N[C@@H](CCC(=O)O)C(=O)O)c(F)c3)c2C(=O)C1. The fourth-order valence-corrected chi connectivity index (χ4v) is 3.79. The van der Waals surface area contributed by atoms with Crippen LogP contribution in [0.4, 0.5) is 10.2 Å². The zero-order valence-electron chi connectivity index (χ0n) is 18.3. The van der Waals surface area contributed by atoms with E-state index in [4.69, 9.17) is 15.9 Å². The van der Waals surface area contributed by atoms with Gasteiger partial charge in [0.25, 0.3) is 5.91 Å². The average molecular weight is 472 g/mol. The lowest BCUT2D eigenvalue weighted by Gasteiger charge is -2.14. The number of unbranched alkanes of at least 4 members (excludes halogenated alkanes) is 1. The highest BCUT2D eigenvalue weighted by Crippen LogP contribution is 2.28. The second-order valence-corrected chi connectivity index (χ2v) is 8.06. The minimum atomic E-state index is -1.43. The van der Waals surface area contributed by atoms with E-state index >= 15 is 0 Å². The summed E-state index contributed by atoms with van der Waals surface area (Å²) in [6, 6.07) is 2.65. The maximum atomic E-state index is 14.5. The Morgan fingerprint density at radius 1 is 1.21 bits per heavy atom. The van der Waals surface area contributed by atoms with Crippen LogP contribution in [0, 0.1) is 5.82 Å². The van der Waals surface area contributed by atoms with Crippen molar-refractivity contribution < 1.29 is 33.8 Å². The number of nitrogens with two attached hydrogens (primary N) is 1. The summed E-state index contributed by atoms with van der Waals surface area (Å²) < 4.78 is 14.5. The number of aliphatic carboxylic acids is 2. The van der Waals surface area contributed by atoms with E-state index in [1.54, 1.807) is 12.3 Å². The molecule has 2 heterocycles. The van der Waals surface area contributed by atoms with Crippen molar-refractivity contribution in [1.29, 1.82) is 0 Å². The number of halogens is 1. The molecule has 1 aromatic heterocycles. The molecule has 0 radical (unpaired) electrons. The van der Waals surface area contributed by atoms with Crippen LogP contribution in [0.5, 0.6) is 0 Å². The number of ketones is 1. The summed E-state index contributed by atoms with van der Waals surface area (Å²) in [6.45, 7) is 0. The number of nitrogens with zero attached hydrogens (tertiary/aromatic N) is 1. The number of aromatic nitrogens is 1. The minimum Gasteiger partial charge on any atom is -0.481 e. The Hall–Kier alpha value is -4.02. The van der Waals surface area contributed by atoms with Crippen LogP contribution in [0.25, 0.3) is 0 Å². The molecule has 1 amide bonds. The minimum absolute atomic E-state index is 0.0669. The van der Waals surface area contributed by atoms with Gasteiger partial charge in [-0.05, 0) is 55.4 Å². The Morgan fingerprint density at radius 2 is 1.94 bits per heavy atom. The van der Waals surface area contributed by atoms with E-state index in [9.17, 15) is 23.6 Å². The van der Waals surface area contributed by atoms with Crippen LogP contribution in [0.15, 0.2) is 29.4 Å². The Morgan fingerprint density at radius 3 is 2.62 bits per heavy atom. The molecule has 6 N–H and O–H groups in total. The van der Waals surface area contributed by atoms with Crippen LogP contribution in [0.2, 0.25) is 0 Å². The van der Waals surface area contributed by atoms with Crippen LogP contribution < -0.4 is 11.1 Å². The smallest absolute Gasteiger partial charge is 0.326 e. The number of carboxylic acid groups (broad SMARTS) is 2. The molecule has 2 aromatic rings. The number of benzene rings is 1. The number of rotatable bonds is 11. The number of aliphatic imine (C=N–C) groups is 1. The summed E-state index contributed by atoms with van der Waals surface area (Å²) in [5, 5.41) is 20.0. The van der Waals surface area contributed by atoms with Crippen molar-refractivity contribution in [1.82, 2.24) is 10.3 Å². The molecule has 0 unspecified atom stereocenters. The van der Waals surface area contributed by atoms with Crippen LogP contribution in [-0.4, -0.2) is 50.7 Å². The van der Waals surface area contributed by atoms with E-state index in [0.717, 1.165) is 12.0 Å². The number of fused-ring (bicyclic) bond motifs is 1. The van der Waals surface area contributed by atoms with E-state index in [-0.39, 0.29) is 30.0 Å². The molecule has 3 rings (SSSR count). The first-order chi connectivity index (χ1) is 16.2. The van der Waals surface area contributed by atoms with Gasteiger partial charge in [0.1, 0.15) is 23.5 Å². The summed E-state index contributed by atoms with van der Waals surface area (Å²) in [5.74, 6) is -3.62. The topological polar surface area (TPSA) is 175 Å². The zero-order chi connectivity index (χ0) is 24.8. The van der Waals surface area contributed by atoms with Gasteiger partial charge in [-0.2, -0.15) is 0 Å². The molecule has 34 heavy (non-hydrogen) atoms.